The van der Waals surface area contributed by atoms with Gasteiger partial charge >= 0.3 is 11.9 Å². The van der Waals surface area contributed by atoms with Crippen molar-refractivity contribution in [3.63, 3.8) is 0 Å². The number of hydrogen-bond acceptors (Lipinski definition) is 5. The number of esters is 2. The molecule has 2 rings (SSSR count). The van der Waals surface area contributed by atoms with Crippen LogP contribution in [0.15, 0.2) is 10.5 Å². The second kappa shape index (κ2) is 4.48. The summed E-state index contributed by atoms with van der Waals surface area (Å²) in [5, 5.41) is 0. The lowest BCUT2D eigenvalue weighted by Crippen LogP contribution is -2.45. The molecule has 1 aliphatic carbocycles. The Bertz CT molecular complexity index is 470. The standard InChI is InChI=1S/C13H16O5/c1-8-6-9-4-5-13(11(14)16-2,12(15)17-3)7-10(9)18-8/h6H,4-5,7H2,1-3H3. The average Bonchev–Trinajstić information content (AvgIpc) is 2.75. The Kier molecular flexibility index (Phi) is 3.15. The summed E-state index contributed by atoms with van der Waals surface area (Å²) >= 11 is 0. The molecule has 5 heteroatoms. The Labute approximate surface area is 105 Å². The molecule has 0 aliphatic heterocycles. The van der Waals surface area contributed by atoms with Gasteiger partial charge in [0.1, 0.15) is 11.5 Å². The number of rotatable bonds is 2. The highest BCUT2D eigenvalue weighted by Gasteiger charge is 2.51. The summed E-state index contributed by atoms with van der Waals surface area (Å²) in [6.45, 7) is 1.84. The van der Waals surface area contributed by atoms with Crippen LogP contribution >= 0.6 is 0 Å². The number of fused-ring (bicyclic) bond motifs is 1. The number of carbonyl (C=O) groups excluding carboxylic acids is 2. The molecule has 0 amide bonds. The van der Waals surface area contributed by atoms with Crippen LogP contribution in [0.2, 0.25) is 0 Å². The van der Waals surface area contributed by atoms with E-state index in [1.54, 1.807) is 0 Å². The number of furan rings is 1. The summed E-state index contributed by atoms with van der Waals surface area (Å²) < 4.78 is 15.0. The lowest BCUT2D eigenvalue weighted by molar-refractivity contribution is -0.170. The molecule has 1 heterocycles. The Morgan fingerprint density at radius 2 is 1.89 bits per heavy atom. The lowest BCUT2D eigenvalue weighted by atomic mass is 9.74. The van der Waals surface area contributed by atoms with E-state index in [4.69, 9.17) is 13.9 Å². The van der Waals surface area contributed by atoms with Crippen molar-refractivity contribution in [1.82, 2.24) is 0 Å². The monoisotopic (exact) mass is 252 g/mol. The van der Waals surface area contributed by atoms with E-state index >= 15 is 0 Å². The quantitative estimate of drug-likeness (QED) is 0.588. The van der Waals surface area contributed by atoms with Gasteiger partial charge in [0.2, 0.25) is 0 Å². The highest BCUT2D eigenvalue weighted by atomic mass is 16.5. The fourth-order valence-corrected chi connectivity index (χ4v) is 2.51. The van der Waals surface area contributed by atoms with Crippen LogP contribution in [0.4, 0.5) is 0 Å². The molecule has 0 bridgehead atoms. The van der Waals surface area contributed by atoms with E-state index in [0.717, 1.165) is 11.3 Å². The van der Waals surface area contributed by atoms with E-state index in [1.165, 1.54) is 14.2 Å². The van der Waals surface area contributed by atoms with Gasteiger partial charge in [-0.15, -0.1) is 0 Å². The predicted octanol–water partition coefficient (Wildman–Crippen LogP) is 1.41. The van der Waals surface area contributed by atoms with E-state index in [1.807, 2.05) is 13.0 Å². The zero-order valence-electron chi connectivity index (χ0n) is 10.7. The van der Waals surface area contributed by atoms with Gasteiger partial charge in [-0.25, -0.2) is 0 Å². The number of aryl methyl sites for hydroxylation is 2. The van der Waals surface area contributed by atoms with Crippen LogP contribution in [0, 0.1) is 12.3 Å². The minimum Gasteiger partial charge on any atom is -0.468 e. The van der Waals surface area contributed by atoms with E-state index in [0.29, 0.717) is 18.6 Å². The van der Waals surface area contributed by atoms with E-state index in [2.05, 4.69) is 0 Å². The Morgan fingerprint density at radius 3 is 2.44 bits per heavy atom. The van der Waals surface area contributed by atoms with Crippen molar-refractivity contribution >= 4 is 11.9 Å². The molecule has 0 fully saturated rings. The minimum atomic E-state index is -1.26. The van der Waals surface area contributed by atoms with Crippen molar-refractivity contribution in [2.45, 2.75) is 26.2 Å². The molecule has 1 aromatic rings. The van der Waals surface area contributed by atoms with Crippen LogP contribution < -0.4 is 0 Å². The van der Waals surface area contributed by atoms with Gasteiger partial charge in [0.05, 0.1) is 14.2 Å². The van der Waals surface area contributed by atoms with Crippen LogP contribution in [-0.2, 0) is 31.9 Å². The Balaban J connectivity index is 2.40. The van der Waals surface area contributed by atoms with Crippen molar-refractivity contribution in [2.75, 3.05) is 14.2 Å². The van der Waals surface area contributed by atoms with Crippen LogP contribution in [0.25, 0.3) is 0 Å². The molecule has 0 atom stereocenters. The molecule has 0 saturated heterocycles. The molecule has 1 aromatic heterocycles. The Morgan fingerprint density at radius 1 is 1.28 bits per heavy atom. The molecule has 0 saturated carbocycles. The zero-order chi connectivity index (χ0) is 13.3. The number of carbonyl (C=O) groups is 2. The van der Waals surface area contributed by atoms with Crippen molar-refractivity contribution in [2.24, 2.45) is 5.41 Å². The normalized spacial score (nSPS) is 16.8. The Hall–Kier alpha value is -1.78. The van der Waals surface area contributed by atoms with E-state index in [-0.39, 0.29) is 6.42 Å². The topological polar surface area (TPSA) is 65.7 Å². The zero-order valence-corrected chi connectivity index (χ0v) is 10.7. The van der Waals surface area contributed by atoms with Gasteiger partial charge in [0.15, 0.2) is 5.41 Å². The maximum atomic E-state index is 11.9. The molecular formula is C13H16O5. The summed E-state index contributed by atoms with van der Waals surface area (Å²) in [5.74, 6) is 0.336. The third-order valence-electron chi connectivity index (χ3n) is 3.46. The van der Waals surface area contributed by atoms with Gasteiger partial charge < -0.3 is 13.9 Å². The minimum absolute atomic E-state index is 0.204. The number of hydrogen-bond donors (Lipinski definition) is 0. The third kappa shape index (κ3) is 1.79. The molecular weight excluding hydrogens is 236 g/mol. The molecule has 18 heavy (non-hydrogen) atoms. The van der Waals surface area contributed by atoms with Crippen LogP contribution in [0.3, 0.4) is 0 Å². The van der Waals surface area contributed by atoms with Gasteiger partial charge in [-0.05, 0) is 31.4 Å². The molecule has 1 aliphatic rings. The highest BCUT2D eigenvalue weighted by molar-refractivity contribution is 6.00. The SMILES string of the molecule is COC(=O)C1(C(=O)OC)CCc2cc(C)oc2C1. The first-order valence-electron chi connectivity index (χ1n) is 5.78. The number of methoxy groups -OCH3 is 2. The van der Waals surface area contributed by atoms with Gasteiger partial charge in [0.25, 0.3) is 0 Å². The first kappa shape index (κ1) is 12.7. The number of ether oxygens (including phenoxy) is 2. The molecule has 0 radical (unpaired) electrons. The summed E-state index contributed by atoms with van der Waals surface area (Å²) in [4.78, 5) is 23.9. The van der Waals surface area contributed by atoms with E-state index in [9.17, 15) is 9.59 Å². The summed E-state index contributed by atoms with van der Waals surface area (Å²) in [5.41, 5.74) is -0.211. The predicted molar refractivity (Wildman–Crippen MR) is 61.9 cm³/mol. The van der Waals surface area contributed by atoms with Gasteiger partial charge in [-0.3, -0.25) is 9.59 Å². The largest absolute Gasteiger partial charge is 0.468 e. The first-order valence-corrected chi connectivity index (χ1v) is 5.78. The molecule has 0 unspecified atom stereocenters. The van der Waals surface area contributed by atoms with Crippen LogP contribution in [0.5, 0.6) is 0 Å². The maximum absolute atomic E-state index is 11.9. The molecule has 0 aromatic carbocycles. The van der Waals surface area contributed by atoms with Crippen LogP contribution in [-0.4, -0.2) is 26.2 Å². The molecule has 0 spiro atoms. The average molecular weight is 252 g/mol. The molecule has 98 valence electrons. The fourth-order valence-electron chi connectivity index (χ4n) is 2.51. The van der Waals surface area contributed by atoms with Gasteiger partial charge in [-0.2, -0.15) is 0 Å². The van der Waals surface area contributed by atoms with Crippen molar-refractivity contribution < 1.29 is 23.5 Å². The lowest BCUT2D eigenvalue weighted by Gasteiger charge is -2.30. The molecule has 0 N–H and O–H groups in total. The summed E-state index contributed by atoms with van der Waals surface area (Å²) in [6.07, 6.45) is 1.20. The summed E-state index contributed by atoms with van der Waals surface area (Å²) in [6, 6.07) is 1.94. The van der Waals surface area contributed by atoms with Gasteiger partial charge in [-0.1, -0.05) is 0 Å². The summed E-state index contributed by atoms with van der Waals surface area (Å²) in [7, 11) is 2.55. The smallest absolute Gasteiger partial charge is 0.323 e. The molecule has 5 nitrogen and oxygen atoms in total. The van der Waals surface area contributed by atoms with E-state index < -0.39 is 17.4 Å². The van der Waals surface area contributed by atoms with Gasteiger partial charge in [0, 0.05) is 6.42 Å². The van der Waals surface area contributed by atoms with Crippen molar-refractivity contribution in [1.29, 1.82) is 0 Å². The van der Waals surface area contributed by atoms with Crippen LogP contribution in [0.1, 0.15) is 23.5 Å². The maximum Gasteiger partial charge on any atom is 0.323 e. The third-order valence-corrected chi connectivity index (χ3v) is 3.46. The van der Waals surface area contributed by atoms with Crippen molar-refractivity contribution in [3.05, 3.63) is 23.2 Å². The second-order valence-electron chi connectivity index (χ2n) is 4.55. The highest BCUT2D eigenvalue weighted by Crippen LogP contribution is 2.39. The fraction of sp³-hybridized carbons (Fsp3) is 0.538. The van der Waals surface area contributed by atoms with Crippen molar-refractivity contribution in [3.8, 4) is 0 Å². The first-order chi connectivity index (χ1) is 8.53. The second-order valence-corrected chi connectivity index (χ2v) is 4.55.